The van der Waals surface area contributed by atoms with Gasteiger partial charge in [0.15, 0.2) is 0 Å². The van der Waals surface area contributed by atoms with Crippen LogP contribution in [0.3, 0.4) is 0 Å². The van der Waals surface area contributed by atoms with E-state index in [1.54, 1.807) is 32.4 Å². The number of thioether (sulfide) groups is 1. The van der Waals surface area contributed by atoms with Gasteiger partial charge in [-0.15, -0.1) is 0 Å². The first kappa shape index (κ1) is 14.6. The van der Waals surface area contributed by atoms with E-state index < -0.39 is 0 Å². The van der Waals surface area contributed by atoms with Crippen LogP contribution in [0.4, 0.5) is 9.18 Å². The van der Waals surface area contributed by atoms with Crippen LogP contribution in [0.5, 0.6) is 0 Å². The Morgan fingerprint density at radius 3 is 2.50 bits per heavy atom. The van der Waals surface area contributed by atoms with Gasteiger partial charge in [-0.25, -0.2) is 9.37 Å². The normalized spacial score (nSPS) is 12.2. The van der Waals surface area contributed by atoms with Gasteiger partial charge in [-0.2, -0.15) is 0 Å². The highest BCUT2D eigenvalue weighted by molar-refractivity contribution is 8.13. The number of halogens is 1. The molecule has 106 valence electrons. The van der Waals surface area contributed by atoms with Crippen molar-refractivity contribution in [3.8, 4) is 0 Å². The Hall–Kier alpha value is -1.82. The monoisotopic (exact) mass is 293 g/mol. The van der Waals surface area contributed by atoms with Crippen LogP contribution in [0, 0.1) is 5.82 Å². The third-order valence-electron chi connectivity index (χ3n) is 2.85. The maximum atomic E-state index is 13.1. The summed E-state index contributed by atoms with van der Waals surface area (Å²) in [6, 6.07) is 6.16. The van der Waals surface area contributed by atoms with Crippen LogP contribution < -0.4 is 0 Å². The van der Waals surface area contributed by atoms with Crippen LogP contribution in [0.15, 0.2) is 36.7 Å². The predicted octanol–water partition coefficient (Wildman–Crippen LogP) is 3.06. The summed E-state index contributed by atoms with van der Waals surface area (Å²) in [5.41, 5.74) is 0.848. The molecule has 2 rings (SSSR count). The minimum atomic E-state index is -0.295. The average Bonchev–Trinajstić information content (AvgIpc) is 2.83. The molecule has 0 saturated heterocycles. The Kier molecular flexibility index (Phi) is 4.44. The molecule has 1 aromatic carbocycles. The van der Waals surface area contributed by atoms with Gasteiger partial charge in [0.25, 0.3) is 5.24 Å². The van der Waals surface area contributed by atoms with Crippen LogP contribution in [0.2, 0.25) is 0 Å². The lowest BCUT2D eigenvalue weighted by atomic mass is 10.1. The summed E-state index contributed by atoms with van der Waals surface area (Å²) in [5, 5.41) is -0.326. The number of rotatable bonds is 3. The molecule has 4 nitrogen and oxygen atoms in total. The third-order valence-corrected chi connectivity index (χ3v) is 4.13. The van der Waals surface area contributed by atoms with Gasteiger partial charge >= 0.3 is 0 Å². The van der Waals surface area contributed by atoms with Crippen LogP contribution in [0.1, 0.15) is 16.6 Å². The van der Waals surface area contributed by atoms with Gasteiger partial charge in [0, 0.05) is 33.5 Å². The van der Waals surface area contributed by atoms with E-state index in [0.717, 1.165) is 23.1 Å². The van der Waals surface area contributed by atoms with E-state index in [-0.39, 0.29) is 16.3 Å². The van der Waals surface area contributed by atoms with E-state index in [9.17, 15) is 9.18 Å². The first-order valence-electron chi connectivity index (χ1n) is 6.09. The first-order chi connectivity index (χ1) is 9.49. The second-order valence-electron chi connectivity index (χ2n) is 4.61. The van der Waals surface area contributed by atoms with Gasteiger partial charge in [0.05, 0.1) is 5.25 Å². The van der Waals surface area contributed by atoms with Crippen molar-refractivity contribution in [1.82, 2.24) is 14.5 Å². The predicted molar refractivity (Wildman–Crippen MR) is 78.1 cm³/mol. The Labute approximate surface area is 121 Å². The van der Waals surface area contributed by atoms with Crippen LogP contribution in [-0.4, -0.2) is 33.8 Å². The number of amides is 1. The molecule has 6 heteroatoms. The highest BCUT2D eigenvalue weighted by Gasteiger charge is 2.23. The highest BCUT2D eigenvalue weighted by Crippen LogP contribution is 2.35. The van der Waals surface area contributed by atoms with Crippen molar-refractivity contribution in [3.05, 3.63) is 53.9 Å². The summed E-state index contributed by atoms with van der Waals surface area (Å²) in [6.45, 7) is 0. The van der Waals surface area contributed by atoms with Crippen LogP contribution >= 0.6 is 11.8 Å². The molecule has 1 amide bonds. The van der Waals surface area contributed by atoms with Crippen LogP contribution in [-0.2, 0) is 7.05 Å². The molecule has 0 radical (unpaired) electrons. The first-order valence-corrected chi connectivity index (χ1v) is 6.97. The summed E-state index contributed by atoms with van der Waals surface area (Å²) in [5.74, 6) is 0.466. The van der Waals surface area contributed by atoms with Gasteiger partial charge in [0.1, 0.15) is 11.6 Å². The topological polar surface area (TPSA) is 38.1 Å². The fourth-order valence-electron chi connectivity index (χ4n) is 1.74. The van der Waals surface area contributed by atoms with Crippen molar-refractivity contribution < 1.29 is 9.18 Å². The van der Waals surface area contributed by atoms with Gasteiger partial charge in [0.2, 0.25) is 0 Å². The Morgan fingerprint density at radius 2 is 2.00 bits per heavy atom. The lowest BCUT2D eigenvalue weighted by molar-refractivity contribution is 0.241. The molecule has 0 saturated carbocycles. The minimum absolute atomic E-state index is 0.0673. The van der Waals surface area contributed by atoms with Gasteiger partial charge in [-0.05, 0) is 29.5 Å². The largest absolute Gasteiger partial charge is 0.340 e. The summed E-state index contributed by atoms with van der Waals surface area (Å²) in [6.07, 6.45) is 3.51. The highest BCUT2D eigenvalue weighted by atomic mass is 32.2. The molecular weight excluding hydrogens is 277 g/mol. The fourth-order valence-corrected chi connectivity index (χ4v) is 2.78. The van der Waals surface area contributed by atoms with Gasteiger partial charge < -0.3 is 9.47 Å². The lowest BCUT2D eigenvalue weighted by Gasteiger charge is -2.18. The van der Waals surface area contributed by atoms with E-state index in [2.05, 4.69) is 4.98 Å². The zero-order valence-electron chi connectivity index (χ0n) is 11.6. The summed E-state index contributed by atoms with van der Waals surface area (Å²) in [7, 11) is 5.28. The number of hydrogen-bond acceptors (Lipinski definition) is 3. The molecule has 1 aromatic heterocycles. The molecule has 0 bridgehead atoms. The SMILES string of the molecule is CN(C)C(=O)SC(c1ccc(F)cc1)c1nccn1C. The molecule has 1 heterocycles. The molecule has 0 aliphatic heterocycles. The Morgan fingerprint density at radius 1 is 1.35 bits per heavy atom. The van der Waals surface area contributed by atoms with E-state index in [1.807, 2.05) is 17.8 Å². The Balaban J connectivity index is 2.36. The van der Waals surface area contributed by atoms with Crippen molar-refractivity contribution in [2.75, 3.05) is 14.1 Å². The molecule has 1 atom stereocenters. The van der Waals surface area contributed by atoms with E-state index in [1.165, 1.54) is 17.0 Å². The number of aryl methyl sites for hydroxylation is 1. The van der Waals surface area contributed by atoms with Gasteiger partial charge in [-0.3, -0.25) is 4.79 Å². The molecule has 0 aliphatic carbocycles. The zero-order valence-corrected chi connectivity index (χ0v) is 12.4. The maximum absolute atomic E-state index is 13.1. The number of aromatic nitrogens is 2. The Bertz CT molecular complexity index is 595. The number of carbonyl (C=O) groups excluding carboxylic acids is 1. The standard InChI is InChI=1S/C14H16FN3OS/c1-17(2)14(19)20-12(13-16-8-9-18(13)3)10-4-6-11(15)7-5-10/h4-9,12H,1-3H3. The fraction of sp³-hybridized carbons (Fsp3) is 0.286. The molecule has 0 N–H and O–H groups in total. The molecule has 20 heavy (non-hydrogen) atoms. The van der Waals surface area contributed by atoms with Crippen molar-refractivity contribution in [2.24, 2.45) is 7.05 Å². The summed E-state index contributed by atoms with van der Waals surface area (Å²) in [4.78, 5) is 17.8. The smallest absolute Gasteiger partial charge is 0.282 e. The van der Waals surface area contributed by atoms with E-state index >= 15 is 0 Å². The molecule has 0 fully saturated rings. The van der Waals surface area contributed by atoms with Gasteiger partial charge in [-0.1, -0.05) is 12.1 Å². The molecule has 0 spiro atoms. The molecular formula is C14H16FN3OS. The number of nitrogens with zero attached hydrogens (tertiary/aromatic N) is 3. The van der Waals surface area contributed by atoms with Crippen molar-refractivity contribution in [3.63, 3.8) is 0 Å². The summed E-state index contributed by atoms with van der Waals surface area (Å²) >= 11 is 1.16. The number of hydrogen-bond donors (Lipinski definition) is 0. The molecule has 1 unspecified atom stereocenters. The maximum Gasteiger partial charge on any atom is 0.282 e. The van der Waals surface area contributed by atoms with E-state index in [4.69, 9.17) is 0 Å². The van der Waals surface area contributed by atoms with Crippen molar-refractivity contribution >= 4 is 17.0 Å². The number of benzene rings is 1. The zero-order chi connectivity index (χ0) is 14.7. The molecule has 2 aromatic rings. The quantitative estimate of drug-likeness (QED) is 0.873. The minimum Gasteiger partial charge on any atom is -0.340 e. The second-order valence-corrected chi connectivity index (χ2v) is 5.66. The average molecular weight is 293 g/mol. The number of imidazole rings is 1. The second kappa shape index (κ2) is 6.09. The van der Waals surface area contributed by atoms with Crippen LogP contribution in [0.25, 0.3) is 0 Å². The third kappa shape index (κ3) is 3.19. The number of carbonyl (C=O) groups is 1. The molecule has 0 aliphatic rings. The summed E-state index contributed by atoms with van der Waals surface area (Å²) < 4.78 is 14.9. The lowest BCUT2D eigenvalue weighted by Crippen LogP contribution is -2.19. The van der Waals surface area contributed by atoms with Crippen molar-refractivity contribution in [1.29, 1.82) is 0 Å². The van der Waals surface area contributed by atoms with E-state index in [0.29, 0.717) is 0 Å². The van der Waals surface area contributed by atoms with Crippen molar-refractivity contribution in [2.45, 2.75) is 5.25 Å².